The number of nitrogens with two attached hydrogens (primary N) is 1. The van der Waals surface area contributed by atoms with E-state index < -0.39 is 0 Å². The Morgan fingerprint density at radius 3 is 2.50 bits per heavy atom. The summed E-state index contributed by atoms with van der Waals surface area (Å²) in [4.78, 5) is 14.0. The fourth-order valence-electron chi connectivity index (χ4n) is 2.28. The predicted molar refractivity (Wildman–Crippen MR) is 67.1 cm³/mol. The van der Waals surface area contributed by atoms with Crippen molar-refractivity contribution in [3.05, 3.63) is 0 Å². The molecule has 0 bridgehead atoms. The normalized spacial score (nSPS) is 17.2. The summed E-state index contributed by atoms with van der Waals surface area (Å²) in [6, 6.07) is 0.562. The lowest BCUT2D eigenvalue weighted by molar-refractivity contribution is -0.131. The maximum atomic E-state index is 12.0. The summed E-state index contributed by atoms with van der Waals surface area (Å²) in [5.41, 5.74) is 5.56. The van der Waals surface area contributed by atoms with Gasteiger partial charge in [-0.25, -0.2) is 0 Å². The number of carbonyl (C=O) groups excluding carboxylic acids is 1. The highest BCUT2D eigenvalue weighted by Crippen LogP contribution is 2.27. The number of amides is 1. The highest BCUT2D eigenvalue weighted by Gasteiger charge is 2.30. The van der Waals surface area contributed by atoms with E-state index in [2.05, 4.69) is 18.7 Å². The van der Waals surface area contributed by atoms with Crippen molar-refractivity contribution in [2.24, 2.45) is 11.7 Å². The van der Waals surface area contributed by atoms with Crippen LogP contribution in [0.15, 0.2) is 0 Å². The van der Waals surface area contributed by atoms with Gasteiger partial charge in [-0.2, -0.15) is 0 Å². The molecule has 0 saturated heterocycles. The first kappa shape index (κ1) is 13.5. The van der Waals surface area contributed by atoms with Crippen LogP contribution in [0.3, 0.4) is 0 Å². The highest BCUT2D eigenvalue weighted by atomic mass is 16.2. The molecule has 1 fully saturated rings. The maximum absolute atomic E-state index is 12.0. The third-order valence-electron chi connectivity index (χ3n) is 3.57. The Hall–Kier alpha value is -0.570. The lowest BCUT2D eigenvalue weighted by Gasteiger charge is -2.21. The molecule has 0 aromatic carbocycles. The molecule has 0 aromatic rings. The summed E-state index contributed by atoms with van der Waals surface area (Å²) in [6.07, 6.45) is 6.33. The van der Waals surface area contributed by atoms with E-state index in [0.717, 1.165) is 32.4 Å². The molecule has 3 heteroatoms. The van der Waals surface area contributed by atoms with E-state index in [-0.39, 0.29) is 0 Å². The van der Waals surface area contributed by atoms with Gasteiger partial charge in [0, 0.05) is 19.0 Å². The third kappa shape index (κ3) is 4.12. The largest absolute Gasteiger partial charge is 0.340 e. The molecule has 0 spiro atoms. The molecule has 3 nitrogen and oxygen atoms in total. The molecular formula is C13H26N2O. The second-order valence-electron chi connectivity index (χ2n) is 4.80. The van der Waals surface area contributed by atoms with E-state index in [1.165, 1.54) is 12.8 Å². The lowest BCUT2D eigenvalue weighted by Crippen LogP contribution is -2.33. The second kappa shape index (κ2) is 6.89. The average molecular weight is 226 g/mol. The summed E-state index contributed by atoms with van der Waals surface area (Å²) in [5, 5.41) is 0. The van der Waals surface area contributed by atoms with Crippen LogP contribution in [0.4, 0.5) is 0 Å². The minimum Gasteiger partial charge on any atom is -0.340 e. The number of rotatable bonds is 8. The molecule has 0 radical (unpaired) electrons. The zero-order chi connectivity index (χ0) is 12.0. The molecular weight excluding hydrogens is 200 g/mol. The van der Waals surface area contributed by atoms with Crippen LogP contribution in [0.2, 0.25) is 0 Å². The van der Waals surface area contributed by atoms with Crippen LogP contribution in [0.25, 0.3) is 0 Å². The lowest BCUT2D eigenvalue weighted by atomic mass is 9.96. The van der Waals surface area contributed by atoms with Gasteiger partial charge in [0.2, 0.25) is 5.91 Å². The topological polar surface area (TPSA) is 46.3 Å². The summed E-state index contributed by atoms with van der Waals surface area (Å²) in [6.45, 7) is 5.88. The van der Waals surface area contributed by atoms with E-state index in [4.69, 9.17) is 5.73 Å². The monoisotopic (exact) mass is 226 g/mol. The van der Waals surface area contributed by atoms with Gasteiger partial charge in [-0.05, 0) is 45.1 Å². The van der Waals surface area contributed by atoms with Crippen LogP contribution in [-0.4, -0.2) is 29.9 Å². The summed E-state index contributed by atoms with van der Waals surface area (Å²) < 4.78 is 0. The molecule has 0 heterocycles. The van der Waals surface area contributed by atoms with Crippen molar-refractivity contribution < 1.29 is 4.79 Å². The SMILES string of the molecule is CCC(CCN)CCC(=O)N(CC)C1CC1. The molecule has 16 heavy (non-hydrogen) atoms. The molecule has 1 unspecified atom stereocenters. The Labute approximate surface area is 99.4 Å². The fraction of sp³-hybridized carbons (Fsp3) is 0.923. The van der Waals surface area contributed by atoms with Crippen LogP contribution < -0.4 is 5.73 Å². The third-order valence-corrected chi connectivity index (χ3v) is 3.57. The molecule has 2 N–H and O–H groups in total. The number of nitrogens with zero attached hydrogens (tertiary/aromatic N) is 1. The van der Waals surface area contributed by atoms with Crippen LogP contribution in [-0.2, 0) is 4.79 Å². The van der Waals surface area contributed by atoms with Gasteiger partial charge in [-0.3, -0.25) is 4.79 Å². The second-order valence-corrected chi connectivity index (χ2v) is 4.80. The average Bonchev–Trinajstić information content (AvgIpc) is 3.09. The first-order chi connectivity index (χ1) is 7.72. The molecule has 1 rings (SSSR count). The summed E-state index contributed by atoms with van der Waals surface area (Å²) in [5.74, 6) is 0.979. The summed E-state index contributed by atoms with van der Waals surface area (Å²) in [7, 11) is 0. The van der Waals surface area contributed by atoms with Gasteiger partial charge in [-0.1, -0.05) is 13.3 Å². The minimum atomic E-state index is 0.348. The molecule has 94 valence electrons. The first-order valence-corrected chi connectivity index (χ1v) is 6.72. The van der Waals surface area contributed by atoms with Crippen molar-refractivity contribution >= 4 is 5.91 Å². The van der Waals surface area contributed by atoms with E-state index in [1.54, 1.807) is 0 Å². The minimum absolute atomic E-state index is 0.348. The van der Waals surface area contributed by atoms with Crippen molar-refractivity contribution in [3.63, 3.8) is 0 Å². The molecule has 1 atom stereocenters. The standard InChI is InChI=1S/C13H26N2O/c1-3-11(9-10-14)5-8-13(16)15(4-2)12-6-7-12/h11-12H,3-10,14H2,1-2H3. The zero-order valence-electron chi connectivity index (χ0n) is 10.7. The number of hydrogen-bond donors (Lipinski definition) is 1. The van der Waals surface area contributed by atoms with Crippen molar-refractivity contribution in [3.8, 4) is 0 Å². The van der Waals surface area contributed by atoms with Gasteiger partial charge in [0.1, 0.15) is 0 Å². The zero-order valence-corrected chi connectivity index (χ0v) is 10.7. The van der Waals surface area contributed by atoms with Gasteiger partial charge >= 0.3 is 0 Å². The fourth-order valence-corrected chi connectivity index (χ4v) is 2.28. The number of hydrogen-bond acceptors (Lipinski definition) is 2. The number of carbonyl (C=O) groups is 1. The van der Waals surface area contributed by atoms with Gasteiger partial charge in [0.15, 0.2) is 0 Å². The van der Waals surface area contributed by atoms with Crippen molar-refractivity contribution in [2.45, 2.75) is 58.4 Å². The maximum Gasteiger partial charge on any atom is 0.222 e. The highest BCUT2D eigenvalue weighted by molar-refractivity contribution is 5.76. The molecule has 1 aliphatic carbocycles. The van der Waals surface area contributed by atoms with Gasteiger partial charge in [0.05, 0.1) is 0 Å². The Morgan fingerprint density at radius 1 is 1.38 bits per heavy atom. The van der Waals surface area contributed by atoms with Crippen LogP contribution in [0.1, 0.15) is 52.4 Å². The quantitative estimate of drug-likeness (QED) is 0.689. The van der Waals surface area contributed by atoms with Crippen LogP contribution in [0, 0.1) is 5.92 Å². The van der Waals surface area contributed by atoms with Crippen LogP contribution in [0.5, 0.6) is 0 Å². The van der Waals surface area contributed by atoms with E-state index in [1.807, 2.05) is 0 Å². The molecule has 1 amide bonds. The van der Waals surface area contributed by atoms with Gasteiger partial charge < -0.3 is 10.6 Å². The molecule has 1 saturated carbocycles. The summed E-state index contributed by atoms with van der Waals surface area (Å²) >= 11 is 0. The molecule has 1 aliphatic rings. The van der Waals surface area contributed by atoms with Crippen molar-refractivity contribution in [1.82, 2.24) is 4.90 Å². The Bertz CT molecular complexity index is 214. The van der Waals surface area contributed by atoms with E-state index in [9.17, 15) is 4.79 Å². The van der Waals surface area contributed by atoms with Gasteiger partial charge in [0.25, 0.3) is 0 Å². The predicted octanol–water partition coefficient (Wildman–Crippen LogP) is 2.15. The molecule has 0 aromatic heterocycles. The smallest absolute Gasteiger partial charge is 0.222 e. The molecule has 0 aliphatic heterocycles. The van der Waals surface area contributed by atoms with Gasteiger partial charge in [-0.15, -0.1) is 0 Å². The van der Waals surface area contributed by atoms with E-state index >= 15 is 0 Å². The Kier molecular flexibility index (Phi) is 5.81. The van der Waals surface area contributed by atoms with Crippen molar-refractivity contribution in [2.75, 3.05) is 13.1 Å². The Balaban J connectivity index is 2.26. The first-order valence-electron chi connectivity index (χ1n) is 6.72. The Morgan fingerprint density at radius 2 is 2.06 bits per heavy atom. The van der Waals surface area contributed by atoms with Crippen molar-refractivity contribution in [1.29, 1.82) is 0 Å². The van der Waals surface area contributed by atoms with E-state index in [0.29, 0.717) is 24.3 Å². The van der Waals surface area contributed by atoms with Crippen LogP contribution >= 0.6 is 0 Å².